The molecule has 0 aliphatic rings. The molecule has 0 saturated carbocycles. The van der Waals surface area contributed by atoms with Gasteiger partial charge in [0.1, 0.15) is 12.1 Å². The molecule has 0 radical (unpaired) electrons. The van der Waals surface area contributed by atoms with Crippen molar-refractivity contribution in [2.75, 3.05) is 6.54 Å². The lowest BCUT2D eigenvalue weighted by atomic mass is 10.0. The number of hydrogen-bond donors (Lipinski definition) is 6. The molecule has 2 aromatic carbocycles. The highest BCUT2D eigenvalue weighted by Gasteiger charge is 2.29. The molecular formula is C27H34N4O5. The van der Waals surface area contributed by atoms with E-state index in [0.717, 1.165) is 22.0 Å². The largest absolute Gasteiger partial charge is 0.480 e. The topological polar surface area (TPSA) is 158 Å². The van der Waals surface area contributed by atoms with Crippen molar-refractivity contribution in [3.63, 3.8) is 0 Å². The number of benzene rings is 2. The van der Waals surface area contributed by atoms with Gasteiger partial charge in [0.2, 0.25) is 5.91 Å². The molecule has 0 saturated heterocycles. The zero-order valence-corrected chi connectivity index (χ0v) is 20.2. The number of aliphatic carboxylic acids is 2. The molecule has 0 fully saturated rings. The van der Waals surface area contributed by atoms with Crippen molar-refractivity contribution in [3.05, 3.63) is 71.9 Å². The van der Waals surface area contributed by atoms with E-state index >= 15 is 0 Å². The van der Waals surface area contributed by atoms with Crippen LogP contribution in [0.3, 0.4) is 0 Å². The quantitative estimate of drug-likeness (QED) is 0.177. The first kappa shape index (κ1) is 26.9. The third-order valence-corrected chi connectivity index (χ3v) is 6.24. The van der Waals surface area contributed by atoms with Gasteiger partial charge in [-0.15, -0.1) is 0 Å². The number of hydrogen-bond acceptors (Lipinski definition) is 5. The van der Waals surface area contributed by atoms with E-state index < -0.39 is 36.0 Å². The van der Waals surface area contributed by atoms with Crippen molar-refractivity contribution in [3.8, 4) is 0 Å². The van der Waals surface area contributed by atoms with Crippen LogP contribution in [0.5, 0.6) is 0 Å². The molecule has 192 valence electrons. The van der Waals surface area contributed by atoms with Crippen LogP contribution in [0.15, 0.2) is 60.8 Å². The van der Waals surface area contributed by atoms with Crippen LogP contribution in [-0.2, 0) is 27.2 Å². The number of fused-ring (bicyclic) bond motifs is 1. The summed E-state index contributed by atoms with van der Waals surface area (Å²) in [6, 6.07) is 14.1. The Bertz CT molecular complexity index is 1150. The lowest BCUT2D eigenvalue weighted by Gasteiger charge is -2.25. The maximum atomic E-state index is 13.2. The van der Waals surface area contributed by atoms with E-state index in [9.17, 15) is 24.6 Å². The van der Waals surface area contributed by atoms with Crippen LogP contribution in [0, 0.1) is 0 Å². The lowest BCUT2D eigenvalue weighted by Crippen LogP contribution is -2.54. The molecule has 1 aromatic heterocycles. The molecule has 1 heterocycles. The zero-order chi connectivity index (χ0) is 25.9. The molecule has 36 heavy (non-hydrogen) atoms. The van der Waals surface area contributed by atoms with Crippen molar-refractivity contribution in [2.45, 2.75) is 56.7 Å². The van der Waals surface area contributed by atoms with E-state index in [-0.39, 0.29) is 12.8 Å². The highest BCUT2D eigenvalue weighted by Crippen LogP contribution is 2.19. The number of amides is 1. The summed E-state index contributed by atoms with van der Waals surface area (Å²) < 4.78 is 0. The Morgan fingerprint density at radius 1 is 0.861 bits per heavy atom. The van der Waals surface area contributed by atoms with Crippen LogP contribution < -0.4 is 16.4 Å². The minimum Gasteiger partial charge on any atom is -0.480 e. The third-order valence-electron chi connectivity index (χ3n) is 6.24. The van der Waals surface area contributed by atoms with Gasteiger partial charge in [0.25, 0.3) is 0 Å². The Balaban J connectivity index is 1.71. The molecule has 1 unspecified atom stereocenters. The minimum absolute atomic E-state index is 0.0942. The molecule has 3 rings (SSSR count). The van der Waals surface area contributed by atoms with Crippen molar-refractivity contribution < 1.29 is 24.6 Å². The average Bonchev–Trinajstić information content (AvgIpc) is 3.28. The molecule has 3 atom stereocenters. The van der Waals surface area contributed by atoms with Gasteiger partial charge in [-0.05, 0) is 49.4 Å². The van der Waals surface area contributed by atoms with Crippen LogP contribution in [-0.4, -0.2) is 57.7 Å². The van der Waals surface area contributed by atoms with Gasteiger partial charge in [0.05, 0.1) is 6.04 Å². The van der Waals surface area contributed by atoms with Gasteiger partial charge in [0.15, 0.2) is 0 Å². The summed E-state index contributed by atoms with van der Waals surface area (Å²) in [5, 5.41) is 26.1. The second-order valence-electron chi connectivity index (χ2n) is 8.88. The fourth-order valence-corrected chi connectivity index (χ4v) is 4.25. The molecule has 0 bridgehead atoms. The molecule has 0 spiro atoms. The Kier molecular flexibility index (Phi) is 10.0. The lowest BCUT2D eigenvalue weighted by molar-refractivity contribution is -0.143. The van der Waals surface area contributed by atoms with E-state index in [0.29, 0.717) is 32.2 Å². The number of unbranched alkanes of at least 4 members (excludes halogenated alkanes) is 1. The number of carboxylic acid groups (broad SMARTS) is 2. The fourth-order valence-electron chi connectivity index (χ4n) is 4.25. The number of aromatic nitrogens is 1. The summed E-state index contributed by atoms with van der Waals surface area (Å²) >= 11 is 0. The molecule has 7 N–H and O–H groups in total. The number of nitrogens with two attached hydrogens (primary N) is 1. The summed E-state index contributed by atoms with van der Waals surface area (Å²) in [5.74, 6) is -2.76. The molecule has 1 amide bonds. The zero-order valence-electron chi connectivity index (χ0n) is 20.2. The molecule has 9 heteroatoms. The van der Waals surface area contributed by atoms with Gasteiger partial charge in [-0.1, -0.05) is 55.0 Å². The van der Waals surface area contributed by atoms with Gasteiger partial charge >= 0.3 is 11.9 Å². The van der Waals surface area contributed by atoms with E-state index in [1.54, 1.807) is 6.20 Å². The SMILES string of the molecule is NCCCC[C@H](NC(CCc1ccccc1)C(=O)O)C(=O)N[C@@H](Cc1c[nH]c2ccccc12)C(=O)O. The maximum absolute atomic E-state index is 13.2. The van der Waals surface area contributed by atoms with E-state index in [4.69, 9.17) is 5.73 Å². The molecule has 9 nitrogen and oxygen atoms in total. The highest BCUT2D eigenvalue weighted by atomic mass is 16.4. The number of aromatic amines is 1. The Hall–Kier alpha value is -3.69. The molecule has 0 aliphatic carbocycles. The van der Waals surface area contributed by atoms with Gasteiger partial charge < -0.3 is 26.2 Å². The predicted octanol–water partition coefficient (Wildman–Crippen LogP) is 2.45. The first-order chi connectivity index (χ1) is 17.4. The van der Waals surface area contributed by atoms with Crippen LogP contribution >= 0.6 is 0 Å². The summed E-state index contributed by atoms with van der Waals surface area (Å²) in [5.41, 5.74) is 8.25. The highest BCUT2D eigenvalue weighted by molar-refractivity contribution is 5.89. The summed E-state index contributed by atoms with van der Waals surface area (Å²) in [6.45, 7) is 0.447. The number of carbonyl (C=O) groups excluding carboxylic acids is 1. The minimum atomic E-state index is -1.16. The fraction of sp³-hybridized carbons (Fsp3) is 0.370. The molecule has 3 aromatic rings. The number of carboxylic acids is 2. The van der Waals surface area contributed by atoms with Crippen molar-refractivity contribution in [1.82, 2.24) is 15.6 Å². The van der Waals surface area contributed by atoms with Crippen LogP contribution in [0.4, 0.5) is 0 Å². The third kappa shape index (κ3) is 7.66. The maximum Gasteiger partial charge on any atom is 0.326 e. The second-order valence-corrected chi connectivity index (χ2v) is 8.88. The van der Waals surface area contributed by atoms with Crippen LogP contribution in [0.1, 0.15) is 36.8 Å². The Labute approximate surface area is 210 Å². The number of aryl methyl sites for hydroxylation is 1. The molecular weight excluding hydrogens is 460 g/mol. The van der Waals surface area contributed by atoms with Crippen molar-refractivity contribution in [2.24, 2.45) is 5.73 Å². The van der Waals surface area contributed by atoms with E-state index in [2.05, 4.69) is 15.6 Å². The number of H-pyrrole nitrogens is 1. The number of rotatable bonds is 15. The smallest absolute Gasteiger partial charge is 0.326 e. The number of nitrogens with one attached hydrogen (secondary N) is 3. The van der Waals surface area contributed by atoms with Crippen LogP contribution in [0.2, 0.25) is 0 Å². The standard InChI is InChI=1S/C27H34N4O5/c28-15-7-6-12-22(30-23(26(33)34)14-13-18-8-2-1-3-9-18)25(32)31-24(27(35)36)16-19-17-29-21-11-5-4-10-20(19)21/h1-5,8-11,17,22-24,29-30H,6-7,12-16,28H2,(H,31,32)(H,33,34)(H,35,36)/t22-,23?,24-/m0/s1. The first-order valence-electron chi connectivity index (χ1n) is 12.2. The normalized spacial score (nSPS) is 13.7. The van der Waals surface area contributed by atoms with E-state index in [1.165, 1.54) is 0 Å². The number of carbonyl (C=O) groups is 3. The predicted molar refractivity (Wildman–Crippen MR) is 138 cm³/mol. The van der Waals surface area contributed by atoms with Gasteiger partial charge in [-0.2, -0.15) is 0 Å². The second kappa shape index (κ2) is 13.4. The monoisotopic (exact) mass is 494 g/mol. The Morgan fingerprint density at radius 3 is 2.25 bits per heavy atom. The van der Waals surface area contributed by atoms with Crippen LogP contribution in [0.25, 0.3) is 10.9 Å². The van der Waals surface area contributed by atoms with Gasteiger partial charge in [-0.3, -0.25) is 14.9 Å². The average molecular weight is 495 g/mol. The summed E-state index contributed by atoms with van der Waals surface area (Å²) in [6.07, 6.45) is 4.28. The number of para-hydroxylation sites is 1. The van der Waals surface area contributed by atoms with Gasteiger partial charge in [-0.25, -0.2) is 4.79 Å². The summed E-state index contributed by atoms with van der Waals surface area (Å²) in [4.78, 5) is 40.3. The molecule has 0 aliphatic heterocycles. The summed E-state index contributed by atoms with van der Waals surface area (Å²) in [7, 11) is 0. The van der Waals surface area contributed by atoms with Crippen molar-refractivity contribution in [1.29, 1.82) is 0 Å². The Morgan fingerprint density at radius 2 is 1.56 bits per heavy atom. The van der Waals surface area contributed by atoms with Crippen molar-refractivity contribution >= 4 is 28.7 Å². The van der Waals surface area contributed by atoms with E-state index in [1.807, 2.05) is 54.6 Å². The van der Waals surface area contributed by atoms with Gasteiger partial charge in [0, 0.05) is 23.5 Å². The first-order valence-corrected chi connectivity index (χ1v) is 12.2.